The minimum Gasteiger partial charge on any atom is -0.491 e. The van der Waals surface area contributed by atoms with E-state index in [0.717, 1.165) is 22.6 Å². The number of hydrogen-bond acceptors (Lipinski definition) is 3. The molecule has 0 saturated heterocycles. The highest BCUT2D eigenvalue weighted by molar-refractivity contribution is 5.81. The van der Waals surface area contributed by atoms with Crippen molar-refractivity contribution < 1.29 is 14.3 Å². The first-order valence-electron chi connectivity index (χ1n) is 9.12. The predicted molar refractivity (Wildman–Crippen MR) is 105 cm³/mol. The summed E-state index contributed by atoms with van der Waals surface area (Å²) in [5, 5.41) is 2.98. The van der Waals surface area contributed by atoms with Gasteiger partial charge in [-0.25, -0.2) is 0 Å². The van der Waals surface area contributed by atoms with Gasteiger partial charge in [0.05, 0.1) is 6.04 Å². The van der Waals surface area contributed by atoms with E-state index in [4.69, 9.17) is 9.47 Å². The zero-order valence-electron chi connectivity index (χ0n) is 16.3. The van der Waals surface area contributed by atoms with Crippen molar-refractivity contribution >= 4 is 5.91 Å². The average Bonchev–Trinajstić information content (AvgIpc) is 2.61. The summed E-state index contributed by atoms with van der Waals surface area (Å²) < 4.78 is 11.7. The molecule has 0 spiro atoms. The van der Waals surface area contributed by atoms with Gasteiger partial charge in [0, 0.05) is 0 Å². The van der Waals surface area contributed by atoms with Crippen LogP contribution in [-0.2, 0) is 4.79 Å². The number of aryl methyl sites for hydroxylation is 3. The Morgan fingerprint density at radius 1 is 1.04 bits per heavy atom. The van der Waals surface area contributed by atoms with E-state index in [1.807, 2.05) is 77.1 Å². The van der Waals surface area contributed by atoms with Gasteiger partial charge in [-0.05, 0) is 63.4 Å². The zero-order chi connectivity index (χ0) is 19.1. The molecule has 0 bridgehead atoms. The second-order valence-electron chi connectivity index (χ2n) is 6.82. The van der Waals surface area contributed by atoms with Gasteiger partial charge in [-0.1, -0.05) is 36.8 Å². The van der Waals surface area contributed by atoms with Crippen molar-refractivity contribution in [1.29, 1.82) is 0 Å². The summed E-state index contributed by atoms with van der Waals surface area (Å²) in [6.45, 7) is 10.3. The van der Waals surface area contributed by atoms with E-state index in [2.05, 4.69) is 5.32 Å². The highest BCUT2D eigenvalue weighted by Gasteiger charge is 2.21. The largest absolute Gasteiger partial charge is 0.491 e. The third kappa shape index (κ3) is 5.80. The maximum absolute atomic E-state index is 12.5. The fourth-order valence-electron chi connectivity index (χ4n) is 2.54. The molecular formula is C22H29NO3. The molecule has 0 aliphatic heterocycles. The molecule has 4 nitrogen and oxygen atoms in total. The van der Waals surface area contributed by atoms with Gasteiger partial charge in [-0.15, -0.1) is 0 Å². The number of carbonyl (C=O) groups excluding carboxylic acids is 1. The Hall–Kier alpha value is -2.49. The van der Waals surface area contributed by atoms with E-state index in [1.165, 1.54) is 5.56 Å². The van der Waals surface area contributed by atoms with Crippen molar-refractivity contribution in [3.8, 4) is 11.5 Å². The quantitative estimate of drug-likeness (QED) is 0.766. The van der Waals surface area contributed by atoms with Crippen LogP contribution in [0.25, 0.3) is 0 Å². The summed E-state index contributed by atoms with van der Waals surface area (Å²) in [4.78, 5) is 12.5. The highest BCUT2D eigenvalue weighted by Crippen LogP contribution is 2.21. The molecule has 2 rings (SSSR count). The van der Waals surface area contributed by atoms with Crippen molar-refractivity contribution in [2.45, 2.75) is 53.2 Å². The molecule has 0 radical (unpaired) electrons. The first kappa shape index (κ1) is 19.8. The molecule has 0 saturated carbocycles. The molecule has 1 amide bonds. The molecule has 4 heteroatoms. The molecule has 0 aromatic heterocycles. The summed E-state index contributed by atoms with van der Waals surface area (Å²) in [5.41, 5.74) is 3.33. The van der Waals surface area contributed by atoms with Gasteiger partial charge in [-0.2, -0.15) is 0 Å². The molecule has 26 heavy (non-hydrogen) atoms. The number of ether oxygens (including phenoxy) is 2. The number of rotatable bonds is 8. The van der Waals surface area contributed by atoms with Crippen molar-refractivity contribution in [2.75, 3.05) is 6.61 Å². The molecule has 2 aromatic carbocycles. The van der Waals surface area contributed by atoms with Crippen LogP contribution in [0, 0.1) is 20.8 Å². The SMILES string of the molecule is CC[C@@H](Oc1cc(C)ccc1C)C(=O)N[C@@H](C)COc1ccc(C)cc1. The van der Waals surface area contributed by atoms with E-state index in [1.54, 1.807) is 0 Å². The Bertz CT molecular complexity index is 725. The minimum absolute atomic E-state index is 0.111. The fourth-order valence-corrected chi connectivity index (χ4v) is 2.54. The van der Waals surface area contributed by atoms with E-state index in [-0.39, 0.29) is 11.9 Å². The van der Waals surface area contributed by atoms with Crippen molar-refractivity contribution in [2.24, 2.45) is 0 Å². The van der Waals surface area contributed by atoms with Gasteiger partial charge in [-0.3, -0.25) is 4.79 Å². The first-order valence-corrected chi connectivity index (χ1v) is 9.12. The first-order chi connectivity index (χ1) is 12.4. The maximum Gasteiger partial charge on any atom is 0.261 e. The van der Waals surface area contributed by atoms with Crippen molar-refractivity contribution in [3.05, 3.63) is 59.2 Å². The molecule has 0 aliphatic carbocycles. The molecule has 140 valence electrons. The number of amides is 1. The van der Waals surface area contributed by atoms with Crippen LogP contribution < -0.4 is 14.8 Å². The normalized spacial score (nSPS) is 13.0. The monoisotopic (exact) mass is 355 g/mol. The maximum atomic E-state index is 12.5. The second-order valence-corrected chi connectivity index (χ2v) is 6.82. The fraction of sp³-hybridized carbons (Fsp3) is 0.409. The van der Waals surface area contributed by atoms with E-state index >= 15 is 0 Å². The van der Waals surface area contributed by atoms with Crippen LogP contribution in [0.2, 0.25) is 0 Å². The van der Waals surface area contributed by atoms with Gasteiger partial charge in [0.25, 0.3) is 5.91 Å². The van der Waals surface area contributed by atoms with Crippen LogP contribution in [0.3, 0.4) is 0 Å². The van der Waals surface area contributed by atoms with Crippen molar-refractivity contribution in [1.82, 2.24) is 5.32 Å². The van der Waals surface area contributed by atoms with E-state index in [9.17, 15) is 4.79 Å². The molecule has 2 atom stereocenters. The molecule has 0 fully saturated rings. The summed E-state index contributed by atoms with van der Waals surface area (Å²) in [6, 6.07) is 13.8. The highest BCUT2D eigenvalue weighted by atomic mass is 16.5. The lowest BCUT2D eigenvalue weighted by atomic mass is 10.1. The minimum atomic E-state index is -0.516. The standard InChI is InChI=1S/C22H29NO3/c1-6-20(26-21-13-16(3)7-10-17(21)4)22(24)23-18(5)14-25-19-11-8-15(2)9-12-19/h7-13,18,20H,6,14H2,1-5H3,(H,23,24)/t18-,20+/m0/s1. The van der Waals surface area contributed by atoms with Crippen molar-refractivity contribution in [3.63, 3.8) is 0 Å². The summed E-state index contributed by atoms with van der Waals surface area (Å²) >= 11 is 0. The molecule has 0 unspecified atom stereocenters. The molecule has 0 heterocycles. The van der Waals surface area contributed by atoms with Gasteiger partial charge >= 0.3 is 0 Å². The number of benzene rings is 2. The molecule has 2 aromatic rings. The van der Waals surface area contributed by atoms with Crippen LogP contribution in [0.1, 0.15) is 37.0 Å². The van der Waals surface area contributed by atoms with Crippen LogP contribution in [0.5, 0.6) is 11.5 Å². The number of nitrogens with one attached hydrogen (secondary N) is 1. The Balaban J connectivity index is 1.89. The summed E-state index contributed by atoms with van der Waals surface area (Å²) in [6.07, 6.45) is 0.0856. The smallest absolute Gasteiger partial charge is 0.261 e. The Morgan fingerprint density at radius 3 is 2.35 bits per heavy atom. The Morgan fingerprint density at radius 2 is 1.69 bits per heavy atom. The average molecular weight is 355 g/mol. The summed E-state index contributed by atoms with van der Waals surface area (Å²) in [5.74, 6) is 1.44. The molecule has 0 aliphatic rings. The van der Waals surface area contributed by atoms with Crippen LogP contribution in [-0.4, -0.2) is 24.7 Å². The molecular weight excluding hydrogens is 326 g/mol. The van der Waals surface area contributed by atoms with Gasteiger partial charge in [0.2, 0.25) is 0 Å². The Kier molecular flexibility index (Phi) is 7.07. The predicted octanol–water partition coefficient (Wildman–Crippen LogP) is 4.35. The number of carbonyl (C=O) groups is 1. The van der Waals surface area contributed by atoms with E-state index in [0.29, 0.717) is 13.0 Å². The zero-order valence-corrected chi connectivity index (χ0v) is 16.3. The molecule has 1 N–H and O–H groups in total. The lowest BCUT2D eigenvalue weighted by molar-refractivity contribution is -0.129. The van der Waals surface area contributed by atoms with Crippen LogP contribution in [0.15, 0.2) is 42.5 Å². The van der Waals surface area contributed by atoms with Gasteiger partial charge in [0.1, 0.15) is 18.1 Å². The van der Waals surface area contributed by atoms with E-state index < -0.39 is 6.10 Å². The summed E-state index contributed by atoms with van der Waals surface area (Å²) in [7, 11) is 0. The van der Waals surface area contributed by atoms with Crippen LogP contribution in [0.4, 0.5) is 0 Å². The number of hydrogen-bond donors (Lipinski definition) is 1. The third-order valence-electron chi connectivity index (χ3n) is 4.19. The van der Waals surface area contributed by atoms with Gasteiger partial charge in [0.15, 0.2) is 6.10 Å². The second kappa shape index (κ2) is 9.27. The lowest BCUT2D eigenvalue weighted by Crippen LogP contribution is -2.44. The Labute approximate surface area is 156 Å². The van der Waals surface area contributed by atoms with Crippen LogP contribution >= 0.6 is 0 Å². The van der Waals surface area contributed by atoms with Gasteiger partial charge < -0.3 is 14.8 Å². The third-order valence-corrected chi connectivity index (χ3v) is 4.19. The lowest BCUT2D eigenvalue weighted by Gasteiger charge is -2.22. The topological polar surface area (TPSA) is 47.6 Å².